The monoisotopic (exact) mass is 704 g/mol. The topological polar surface area (TPSA) is 98.8 Å². The van der Waals surface area contributed by atoms with Crippen LogP contribution in [0.2, 0.25) is 18.1 Å². The summed E-state index contributed by atoms with van der Waals surface area (Å²) in [7, 11) is 2.84. The van der Waals surface area contributed by atoms with E-state index in [0.29, 0.717) is 11.8 Å². The minimum atomic E-state index is -2.14. The number of hydrogen-bond acceptors (Lipinski definition) is 9. The normalized spacial score (nSPS) is 42.0. The Bertz CT molecular complexity index is 1230. The third-order valence-electron chi connectivity index (χ3n) is 12.9. The highest BCUT2D eigenvalue weighted by molar-refractivity contribution is 6.74. The Kier molecular flexibility index (Phi) is 12.4. The van der Waals surface area contributed by atoms with E-state index < -0.39 is 20.7 Å². The van der Waals surface area contributed by atoms with Gasteiger partial charge in [-0.25, -0.2) is 0 Å². The van der Waals surface area contributed by atoms with Crippen LogP contribution in [0.5, 0.6) is 0 Å². The van der Waals surface area contributed by atoms with Crippen LogP contribution < -0.4 is 0 Å². The van der Waals surface area contributed by atoms with E-state index in [-0.39, 0.29) is 83.5 Å². The van der Waals surface area contributed by atoms with Crippen LogP contribution in [0.25, 0.3) is 0 Å². The molecule has 0 aromatic rings. The van der Waals surface area contributed by atoms with Crippen LogP contribution in [0.1, 0.15) is 86.5 Å². The van der Waals surface area contributed by atoms with Gasteiger partial charge in [0.15, 0.2) is 20.4 Å². The summed E-state index contributed by atoms with van der Waals surface area (Å²) >= 11 is 0. The van der Waals surface area contributed by atoms with Crippen LogP contribution in [0, 0.1) is 35.5 Å². The van der Waals surface area contributed by atoms with Gasteiger partial charge in [0, 0.05) is 33.2 Å². The zero-order valence-corrected chi connectivity index (χ0v) is 32.9. The van der Waals surface area contributed by atoms with Crippen molar-refractivity contribution in [3.63, 3.8) is 0 Å². The fourth-order valence-corrected chi connectivity index (χ4v) is 10.4. The first-order valence-electron chi connectivity index (χ1n) is 18.8. The Morgan fingerprint density at radius 3 is 2.24 bits per heavy atom. The van der Waals surface area contributed by atoms with Gasteiger partial charge < -0.3 is 32.8 Å². The molecule has 3 fully saturated rings. The second kappa shape index (κ2) is 15.7. The maximum Gasteiger partial charge on any atom is 0.306 e. The molecule has 3 aliphatic carbocycles. The first kappa shape index (κ1) is 38.8. The Labute approximate surface area is 296 Å². The molecule has 278 valence electrons. The molecule has 0 aromatic heterocycles. The molecule has 49 heavy (non-hydrogen) atoms. The van der Waals surface area contributed by atoms with Crippen molar-refractivity contribution in [3.05, 3.63) is 23.8 Å². The number of Topliss-reactive ketones (excluding diaryl/α,β-unsaturated/α-hetero) is 1. The van der Waals surface area contributed by atoms with Gasteiger partial charge in [0.1, 0.15) is 24.4 Å². The smallest absolute Gasteiger partial charge is 0.306 e. The number of esters is 1. The van der Waals surface area contributed by atoms with E-state index in [9.17, 15) is 9.59 Å². The van der Waals surface area contributed by atoms with Crippen LogP contribution >= 0.6 is 0 Å². The molecule has 0 bridgehead atoms. The van der Waals surface area contributed by atoms with Crippen molar-refractivity contribution in [2.24, 2.45) is 35.5 Å². The van der Waals surface area contributed by atoms with E-state index in [1.807, 2.05) is 6.92 Å². The van der Waals surface area contributed by atoms with Gasteiger partial charge >= 0.3 is 5.97 Å². The van der Waals surface area contributed by atoms with Crippen LogP contribution in [-0.2, 0) is 42.4 Å². The lowest BCUT2D eigenvalue weighted by atomic mass is 9.70. The van der Waals surface area contributed by atoms with Crippen molar-refractivity contribution in [3.8, 4) is 0 Å². The maximum atomic E-state index is 14.6. The first-order chi connectivity index (χ1) is 23.1. The number of carbonyl (C=O) groups excluding carboxylic acids is 2. The fraction of sp³-hybridized carbons (Fsp3) is 0.846. The van der Waals surface area contributed by atoms with E-state index in [1.54, 1.807) is 21.3 Å². The molecular formula is C39H64O9Si. The Balaban J connectivity index is 1.39. The lowest BCUT2D eigenvalue weighted by molar-refractivity contribution is -0.314. The maximum absolute atomic E-state index is 14.6. The molecule has 0 N–H and O–H groups in total. The molecule has 0 unspecified atom stereocenters. The van der Waals surface area contributed by atoms with Gasteiger partial charge in [-0.1, -0.05) is 52.8 Å². The van der Waals surface area contributed by atoms with Gasteiger partial charge in [-0.05, 0) is 92.8 Å². The molecule has 2 aliphatic heterocycles. The summed E-state index contributed by atoms with van der Waals surface area (Å²) in [6, 6.07) is 0. The molecule has 0 spiro atoms. The molecule has 5 aliphatic rings. The minimum Gasteiger partial charge on any atom is -0.462 e. The quantitative estimate of drug-likeness (QED) is 0.150. The van der Waals surface area contributed by atoms with Crippen LogP contribution in [0.4, 0.5) is 0 Å². The highest BCUT2D eigenvalue weighted by Gasteiger charge is 2.53. The van der Waals surface area contributed by atoms with Crippen molar-refractivity contribution in [1.29, 1.82) is 0 Å². The number of carbonyl (C=O) groups is 2. The highest BCUT2D eigenvalue weighted by Crippen LogP contribution is 2.54. The summed E-state index contributed by atoms with van der Waals surface area (Å²) in [5.74, 6) is 0.262. The third kappa shape index (κ3) is 8.01. The number of ketones is 1. The number of rotatable bonds is 8. The molecule has 5 rings (SSSR count). The van der Waals surface area contributed by atoms with Crippen molar-refractivity contribution >= 4 is 20.1 Å². The van der Waals surface area contributed by atoms with Gasteiger partial charge in [0.25, 0.3) is 0 Å². The predicted molar refractivity (Wildman–Crippen MR) is 190 cm³/mol. The van der Waals surface area contributed by atoms with Gasteiger partial charge in [-0.3, -0.25) is 9.59 Å². The van der Waals surface area contributed by atoms with Crippen molar-refractivity contribution in [2.45, 2.75) is 154 Å². The number of methoxy groups -OCH3 is 3. The third-order valence-corrected chi connectivity index (χ3v) is 17.4. The Morgan fingerprint density at radius 2 is 1.61 bits per heavy atom. The SMILES string of the molecule is CC[C@H]1CCC[C@H](O[Si](C)(C)C(C)(C)C)[C@@H](C)C(=O)C2=C[C@@H]3[C@@H](C=C[C@@H]4C[C@@H](O[C@@H]5O[C@H](C)[C@H](OC)[C@H](OC)[C@@H]5OC)C[C@@H]34)[C@@H]2CC(=O)O1. The van der Waals surface area contributed by atoms with Crippen molar-refractivity contribution in [2.75, 3.05) is 21.3 Å². The first-order valence-corrected chi connectivity index (χ1v) is 21.8. The molecule has 10 heteroatoms. The highest BCUT2D eigenvalue weighted by atomic mass is 28.4. The van der Waals surface area contributed by atoms with Gasteiger partial charge in [0.05, 0.1) is 24.7 Å². The number of ether oxygens (including phenoxy) is 6. The van der Waals surface area contributed by atoms with Crippen LogP contribution in [-0.4, -0.2) is 90.4 Å². The lowest BCUT2D eigenvalue weighted by Gasteiger charge is -2.44. The van der Waals surface area contributed by atoms with E-state index in [0.717, 1.165) is 44.1 Å². The summed E-state index contributed by atoms with van der Waals surface area (Å²) < 4.78 is 43.4. The molecular weight excluding hydrogens is 641 g/mol. The molecule has 0 aromatic carbocycles. The largest absolute Gasteiger partial charge is 0.462 e. The summed E-state index contributed by atoms with van der Waals surface area (Å²) in [6.07, 6.45) is 9.81. The van der Waals surface area contributed by atoms with Crippen molar-refractivity contribution < 1.29 is 42.4 Å². The molecule has 0 amide bonds. The van der Waals surface area contributed by atoms with Gasteiger partial charge in [-0.2, -0.15) is 0 Å². The second-order valence-corrected chi connectivity index (χ2v) is 21.6. The average Bonchev–Trinajstić information content (AvgIpc) is 3.62. The zero-order chi connectivity index (χ0) is 35.8. The average molecular weight is 705 g/mol. The Morgan fingerprint density at radius 1 is 0.918 bits per heavy atom. The Hall–Kier alpha value is -1.40. The van der Waals surface area contributed by atoms with E-state index in [1.165, 1.54) is 0 Å². The molecule has 2 heterocycles. The molecule has 0 radical (unpaired) electrons. The minimum absolute atomic E-state index is 0.0336. The van der Waals surface area contributed by atoms with Gasteiger partial charge in [0.2, 0.25) is 0 Å². The molecule has 14 atom stereocenters. The summed E-state index contributed by atoms with van der Waals surface area (Å²) in [5, 5.41) is 0.0336. The van der Waals surface area contributed by atoms with Crippen LogP contribution in [0.15, 0.2) is 23.8 Å². The summed E-state index contributed by atoms with van der Waals surface area (Å²) in [4.78, 5) is 28.1. The van der Waals surface area contributed by atoms with Crippen molar-refractivity contribution in [1.82, 2.24) is 0 Å². The van der Waals surface area contributed by atoms with Crippen LogP contribution in [0.3, 0.4) is 0 Å². The molecule has 2 saturated heterocycles. The van der Waals surface area contributed by atoms with Gasteiger partial charge in [-0.15, -0.1) is 0 Å². The number of allylic oxidation sites excluding steroid dienone is 4. The van der Waals surface area contributed by atoms with E-state index in [2.05, 4.69) is 65.9 Å². The standard InChI is InChI=1S/C39H64O9Si/c1-12-25-14-13-15-32(48-49(10,11)39(4,5)6)22(2)34(41)31-20-29-27(30(31)21-33(40)46-25)17-16-24-18-26(19-28(24)29)47-38-37(44-9)36(43-8)35(42-7)23(3)45-38/h16-17,20,22-30,32,35-38H,12-15,18-19,21H2,1-11H3/t22-,23-,24-,25+,26-,27-,28-,29-,30+,32+,35+,36+,37+,38+/m1/s1. The summed E-state index contributed by atoms with van der Waals surface area (Å²) in [5.41, 5.74) is 0.795. The second-order valence-electron chi connectivity index (χ2n) is 16.9. The van der Waals surface area contributed by atoms with E-state index >= 15 is 0 Å². The van der Waals surface area contributed by atoms with E-state index in [4.69, 9.17) is 32.8 Å². The number of hydrogen-bond donors (Lipinski definition) is 0. The lowest BCUT2D eigenvalue weighted by Crippen LogP contribution is -2.59. The molecule has 9 nitrogen and oxygen atoms in total. The zero-order valence-electron chi connectivity index (χ0n) is 31.9. The molecule has 1 saturated carbocycles. The number of fused-ring (bicyclic) bond motifs is 5. The predicted octanol–water partition coefficient (Wildman–Crippen LogP) is 7.04. The fourth-order valence-electron chi connectivity index (χ4n) is 9.02. The summed E-state index contributed by atoms with van der Waals surface area (Å²) in [6.45, 7) is 17.4. The number of cyclic esters (lactones) is 1.